The molecule has 1 aliphatic heterocycles. The first kappa shape index (κ1) is 7.53. The monoisotopic (exact) mass is 157 g/mol. The van der Waals surface area contributed by atoms with Gasteiger partial charge in [0.1, 0.15) is 0 Å². The summed E-state index contributed by atoms with van der Waals surface area (Å²) in [6.07, 6.45) is 0.833. The second kappa shape index (κ2) is 2.73. The molecule has 0 aromatic rings. The Labute approximate surface area is 66.4 Å². The third-order valence-corrected chi connectivity index (χ3v) is 3.16. The van der Waals surface area contributed by atoms with Crippen LogP contribution in [0.25, 0.3) is 0 Å². The Balaban J connectivity index is 2.10. The first-order chi connectivity index (χ1) is 5.33. The van der Waals surface area contributed by atoms with E-state index in [9.17, 15) is 5.11 Å². The standard InChI is InChI=1S/C8H15NO2/c10-4-7-5-1-6(8(7)11)3-9-2-5/h5-11H,1-4H2/t5?,6?,7-,8-/m0/s1. The van der Waals surface area contributed by atoms with Gasteiger partial charge in [-0.05, 0) is 24.8 Å². The lowest BCUT2D eigenvalue weighted by Crippen LogP contribution is -2.32. The Morgan fingerprint density at radius 3 is 2.64 bits per heavy atom. The van der Waals surface area contributed by atoms with E-state index in [1.54, 1.807) is 0 Å². The average Bonchev–Trinajstić information content (AvgIpc) is 2.25. The molecule has 2 bridgehead atoms. The van der Waals surface area contributed by atoms with Gasteiger partial charge in [-0.25, -0.2) is 0 Å². The van der Waals surface area contributed by atoms with Crippen molar-refractivity contribution in [1.82, 2.24) is 5.32 Å². The lowest BCUT2D eigenvalue weighted by molar-refractivity contribution is 0.0585. The quantitative estimate of drug-likeness (QED) is 0.467. The van der Waals surface area contributed by atoms with Crippen molar-refractivity contribution < 1.29 is 10.2 Å². The number of nitrogens with one attached hydrogen (secondary N) is 1. The summed E-state index contributed by atoms with van der Waals surface area (Å²) in [5.41, 5.74) is 0. The highest BCUT2D eigenvalue weighted by molar-refractivity contribution is 4.95. The van der Waals surface area contributed by atoms with Crippen LogP contribution in [-0.2, 0) is 0 Å². The van der Waals surface area contributed by atoms with Gasteiger partial charge in [-0.3, -0.25) is 0 Å². The minimum atomic E-state index is -0.264. The van der Waals surface area contributed by atoms with Crippen molar-refractivity contribution in [2.24, 2.45) is 17.8 Å². The van der Waals surface area contributed by atoms with E-state index >= 15 is 0 Å². The SMILES string of the molecule is OC[C@H]1C2CNCC(C2)[C@@H]1O. The molecule has 1 saturated heterocycles. The summed E-state index contributed by atoms with van der Waals surface area (Å²) in [6.45, 7) is 2.04. The molecule has 1 heterocycles. The van der Waals surface area contributed by atoms with Crippen LogP contribution >= 0.6 is 0 Å². The molecule has 2 aliphatic rings. The van der Waals surface area contributed by atoms with Crippen molar-refractivity contribution in [1.29, 1.82) is 0 Å². The average molecular weight is 157 g/mol. The van der Waals surface area contributed by atoms with Gasteiger partial charge in [0, 0.05) is 19.1 Å². The molecule has 4 atom stereocenters. The molecule has 0 aromatic heterocycles. The molecule has 3 heteroatoms. The zero-order valence-electron chi connectivity index (χ0n) is 6.53. The van der Waals surface area contributed by atoms with Crippen LogP contribution in [0, 0.1) is 17.8 Å². The zero-order chi connectivity index (χ0) is 7.84. The number of aliphatic hydroxyl groups excluding tert-OH is 2. The van der Waals surface area contributed by atoms with E-state index in [2.05, 4.69) is 5.32 Å². The molecule has 2 fully saturated rings. The van der Waals surface area contributed by atoms with E-state index in [1.807, 2.05) is 0 Å². The highest BCUT2D eigenvalue weighted by Crippen LogP contribution is 2.38. The maximum absolute atomic E-state index is 9.66. The predicted octanol–water partition coefficient (Wildman–Crippen LogP) is -0.805. The summed E-state index contributed by atoms with van der Waals surface area (Å²) < 4.78 is 0. The van der Waals surface area contributed by atoms with E-state index in [0.29, 0.717) is 11.8 Å². The van der Waals surface area contributed by atoms with Gasteiger partial charge < -0.3 is 15.5 Å². The van der Waals surface area contributed by atoms with Gasteiger partial charge in [0.15, 0.2) is 0 Å². The molecular weight excluding hydrogens is 142 g/mol. The zero-order valence-corrected chi connectivity index (χ0v) is 6.53. The Hall–Kier alpha value is -0.120. The van der Waals surface area contributed by atoms with Crippen molar-refractivity contribution in [2.45, 2.75) is 12.5 Å². The topological polar surface area (TPSA) is 52.5 Å². The van der Waals surface area contributed by atoms with Gasteiger partial charge >= 0.3 is 0 Å². The molecule has 1 aliphatic carbocycles. The smallest absolute Gasteiger partial charge is 0.0633 e. The summed E-state index contributed by atoms with van der Waals surface area (Å²) >= 11 is 0. The van der Waals surface area contributed by atoms with Crippen LogP contribution in [0.15, 0.2) is 0 Å². The van der Waals surface area contributed by atoms with Gasteiger partial charge in [-0.2, -0.15) is 0 Å². The molecule has 2 unspecified atom stereocenters. The molecule has 11 heavy (non-hydrogen) atoms. The maximum atomic E-state index is 9.66. The molecule has 64 valence electrons. The first-order valence-corrected chi connectivity index (χ1v) is 4.32. The van der Waals surface area contributed by atoms with Crippen molar-refractivity contribution in [3.63, 3.8) is 0 Å². The van der Waals surface area contributed by atoms with Crippen LogP contribution in [0.3, 0.4) is 0 Å². The molecule has 0 radical (unpaired) electrons. The number of piperidine rings is 1. The molecule has 0 amide bonds. The summed E-state index contributed by atoms with van der Waals surface area (Å²) in [7, 11) is 0. The maximum Gasteiger partial charge on any atom is 0.0633 e. The minimum absolute atomic E-state index is 0.134. The van der Waals surface area contributed by atoms with Crippen molar-refractivity contribution >= 4 is 0 Å². The Kier molecular flexibility index (Phi) is 1.87. The van der Waals surface area contributed by atoms with Crippen molar-refractivity contribution in [3.05, 3.63) is 0 Å². The second-order valence-corrected chi connectivity index (χ2v) is 3.75. The van der Waals surface area contributed by atoms with E-state index in [4.69, 9.17) is 5.11 Å². The Bertz CT molecular complexity index is 149. The number of fused-ring (bicyclic) bond motifs is 2. The predicted molar refractivity (Wildman–Crippen MR) is 41.0 cm³/mol. The number of rotatable bonds is 1. The summed E-state index contributed by atoms with van der Waals surface area (Å²) in [4.78, 5) is 0. The molecule has 2 rings (SSSR count). The summed E-state index contributed by atoms with van der Waals surface area (Å²) in [5.74, 6) is 1.04. The molecule has 3 N–H and O–H groups in total. The number of aliphatic hydroxyl groups is 2. The van der Waals surface area contributed by atoms with E-state index in [-0.39, 0.29) is 18.6 Å². The largest absolute Gasteiger partial charge is 0.396 e. The fourth-order valence-corrected chi connectivity index (χ4v) is 2.48. The summed E-state index contributed by atoms with van der Waals surface area (Å²) in [5, 5.41) is 21.9. The number of hydrogen-bond donors (Lipinski definition) is 3. The first-order valence-electron chi connectivity index (χ1n) is 4.32. The number of hydrogen-bond acceptors (Lipinski definition) is 3. The van der Waals surface area contributed by atoms with Gasteiger partial charge in [0.2, 0.25) is 0 Å². The van der Waals surface area contributed by atoms with Crippen LogP contribution in [0.4, 0.5) is 0 Å². The van der Waals surface area contributed by atoms with E-state index < -0.39 is 0 Å². The van der Waals surface area contributed by atoms with Gasteiger partial charge in [-0.1, -0.05) is 0 Å². The Morgan fingerprint density at radius 1 is 1.27 bits per heavy atom. The third kappa shape index (κ3) is 1.08. The van der Waals surface area contributed by atoms with Gasteiger partial charge in [-0.15, -0.1) is 0 Å². The molecule has 1 saturated carbocycles. The van der Waals surface area contributed by atoms with Crippen LogP contribution < -0.4 is 5.32 Å². The normalized spacial score (nSPS) is 49.6. The second-order valence-electron chi connectivity index (χ2n) is 3.75. The molecular formula is C8H15NO2. The third-order valence-electron chi connectivity index (χ3n) is 3.16. The van der Waals surface area contributed by atoms with Gasteiger partial charge in [0.05, 0.1) is 6.10 Å². The van der Waals surface area contributed by atoms with Gasteiger partial charge in [0.25, 0.3) is 0 Å². The van der Waals surface area contributed by atoms with Crippen LogP contribution in [0.5, 0.6) is 0 Å². The molecule has 3 nitrogen and oxygen atoms in total. The molecule has 0 spiro atoms. The van der Waals surface area contributed by atoms with Crippen molar-refractivity contribution in [3.8, 4) is 0 Å². The van der Waals surface area contributed by atoms with E-state index in [0.717, 1.165) is 19.5 Å². The van der Waals surface area contributed by atoms with Crippen LogP contribution in [0.2, 0.25) is 0 Å². The van der Waals surface area contributed by atoms with Crippen LogP contribution in [0.1, 0.15) is 6.42 Å². The lowest BCUT2D eigenvalue weighted by atomic mass is 9.96. The lowest BCUT2D eigenvalue weighted by Gasteiger charge is -2.20. The minimum Gasteiger partial charge on any atom is -0.396 e. The van der Waals surface area contributed by atoms with Crippen molar-refractivity contribution in [2.75, 3.05) is 19.7 Å². The fourth-order valence-electron chi connectivity index (χ4n) is 2.48. The highest BCUT2D eigenvalue weighted by atomic mass is 16.3. The van der Waals surface area contributed by atoms with Crippen LogP contribution in [-0.4, -0.2) is 36.0 Å². The molecule has 0 aromatic carbocycles. The Morgan fingerprint density at radius 2 is 2.00 bits per heavy atom. The van der Waals surface area contributed by atoms with E-state index in [1.165, 1.54) is 0 Å². The summed E-state index contributed by atoms with van der Waals surface area (Å²) in [6, 6.07) is 0. The fraction of sp³-hybridized carbons (Fsp3) is 1.00. The highest BCUT2D eigenvalue weighted by Gasteiger charge is 2.43.